The molecular formula is C12H14N5O7P. The van der Waals surface area contributed by atoms with E-state index in [9.17, 15) is 14.8 Å². The number of anilines is 1. The number of aliphatic hydroxyl groups excluding tert-OH is 1. The zero-order valence-electron chi connectivity index (χ0n) is 12.5. The minimum Gasteiger partial charge on any atom is -0.384 e. The largest absolute Gasteiger partial charge is 0.469 e. The quantitative estimate of drug-likeness (QED) is 0.300. The molecule has 6 N–H and O–H groups in total. The Hall–Kier alpha value is -2.10. The Labute approximate surface area is 140 Å². The second-order valence-corrected chi connectivity index (χ2v) is 6.54. The van der Waals surface area contributed by atoms with Crippen LogP contribution in [0.4, 0.5) is 5.82 Å². The van der Waals surface area contributed by atoms with E-state index in [-0.39, 0.29) is 17.0 Å². The molecule has 0 saturated carbocycles. The molecule has 25 heavy (non-hydrogen) atoms. The second kappa shape index (κ2) is 6.01. The number of aromatic nitrogens is 4. The summed E-state index contributed by atoms with van der Waals surface area (Å²) in [7, 11) is -4.83. The minimum absolute atomic E-state index is 0.102. The van der Waals surface area contributed by atoms with Gasteiger partial charge in [-0.1, -0.05) is 5.92 Å². The number of terminal acetylenes is 1. The molecule has 0 aromatic carbocycles. The molecule has 12 nitrogen and oxygen atoms in total. The van der Waals surface area contributed by atoms with Crippen LogP contribution in [-0.4, -0.2) is 63.9 Å². The molecule has 3 rings (SSSR count). The summed E-state index contributed by atoms with van der Waals surface area (Å²) >= 11 is 0. The summed E-state index contributed by atoms with van der Waals surface area (Å²) in [6.07, 6.45) is 3.40. The molecule has 3 heterocycles. The van der Waals surface area contributed by atoms with Crippen LogP contribution in [0.25, 0.3) is 11.2 Å². The van der Waals surface area contributed by atoms with Crippen LogP contribution in [0.3, 0.4) is 0 Å². The molecule has 0 amide bonds. The van der Waals surface area contributed by atoms with Gasteiger partial charge in [-0.25, -0.2) is 19.5 Å². The number of nitrogens with two attached hydrogens (primary N) is 1. The van der Waals surface area contributed by atoms with Crippen LogP contribution >= 0.6 is 7.82 Å². The maximum absolute atomic E-state index is 10.9. The molecule has 4 atom stereocenters. The SMILES string of the molecule is C#C[C@@]1(O)[C@@H](COP(=O)(O)O)O[C@@H](n2cnc3c(N)ncnc32)[C@@H]1O. The van der Waals surface area contributed by atoms with Crippen molar-refractivity contribution in [1.29, 1.82) is 0 Å². The van der Waals surface area contributed by atoms with Gasteiger partial charge in [0.2, 0.25) is 0 Å². The van der Waals surface area contributed by atoms with E-state index < -0.39 is 38.5 Å². The number of imidazole rings is 1. The highest BCUT2D eigenvalue weighted by molar-refractivity contribution is 7.46. The third-order valence-electron chi connectivity index (χ3n) is 3.80. The van der Waals surface area contributed by atoms with Crippen molar-refractivity contribution in [3.8, 4) is 12.3 Å². The lowest BCUT2D eigenvalue weighted by molar-refractivity contribution is -0.0594. The first-order valence-electron chi connectivity index (χ1n) is 6.84. The summed E-state index contributed by atoms with van der Waals surface area (Å²) in [6.45, 7) is -0.748. The third kappa shape index (κ3) is 2.99. The Morgan fingerprint density at radius 3 is 2.84 bits per heavy atom. The van der Waals surface area contributed by atoms with Crippen LogP contribution in [0.1, 0.15) is 6.23 Å². The average molecular weight is 371 g/mol. The fourth-order valence-corrected chi connectivity index (χ4v) is 2.87. The van der Waals surface area contributed by atoms with Crippen molar-refractivity contribution < 1.29 is 33.8 Å². The van der Waals surface area contributed by atoms with E-state index in [0.717, 1.165) is 0 Å². The molecule has 1 aliphatic heterocycles. The molecule has 0 aliphatic carbocycles. The maximum Gasteiger partial charge on any atom is 0.469 e. The summed E-state index contributed by atoms with van der Waals surface area (Å²) in [4.78, 5) is 29.4. The molecule has 2 aromatic rings. The first kappa shape index (κ1) is 17.7. The molecule has 0 unspecified atom stereocenters. The van der Waals surface area contributed by atoms with Gasteiger partial charge in [0.05, 0.1) is 12.9 Å². The predicted octanol–water partition coefficient (Wildman–Crippen LogP) is -1.86. The Balaban J connectivity index is 1.96. The number of nitrogens with zero attached hydrogens (tertiary/aromatic N) is 4. The molecule has 2 aromatic heterocycles. The number of phosphoric acid groups is 1. The van der Waals surface area contributed by atoms with E-state index >= 15 is 0 Å². The molecular weight excluding hydrogens is 357 g/mol. The molecule has 1 aliphatic rings. The van der Waals surface area contributed by atoms with Crippen molar-refractivity contribution in [2.45, 2.75) is 24.0 Å². The van der Waals surface area contributed by atoms with E-state index in [1.165, 1.54) is 17.2 Å². The molecule has 0 spiro atoms. The van der Waals surface area contributed by atoms with Crippen LogP contribution in [0.5, 0.6) is 0 Å². The fraction of sp³-hybridized carbons (Fsp3) is 0.417. The van der Waals surface area contributed by atoms with Crippen LogP contribution in [0.2, 0.25) is 0 Å². The highest BCUT2D eigenvalue weighted by atomic mass is 31.2. The fourth-order valence-electron chi connectivity index (χ4n) is 2.54. The number of phosphoric ester groups is 1. The highest BCUT2D eigenvalue weighted by Crippen LogP contribution is 2.42. The van der Waals surface area contributed by atoms with Crippen molar-refractivity contribution in [2.24, 2.45) is 0 Å². The standard InChI is InChI=1S/C12H14N5O7P/c1-2-12(19)6(3-23-25(20,21)22)24-11(8(12)18)17-5-16-7-9(13)14-4-15-10(7)17/h1,4-6,8,11,18-19H,3H2,(H2,13,14,15)(H2,20,21,22)/t6-,8+,11-,12-/m1/s1. The Kier molecular flexibility index (Phi) is 4.26. The Morgan fingerprint density at radius 2 is 2.20 bits per heavy atom. The summed E-state index contributed by atoms with van der Waals surface area (Å²) < 4.78 is 22.0. The van der Waals surface area contributed by atoms with Crippen molar-refractivity contribution >= 4 is 24.8 Å². The van der Waals surface area contributed by atoms with Gasteiger partial charge in [0.25, 0.3) is 0 Å². The molecule has 0 bridgehead atoms. The summed E-state index contributed by atoms with van der Waals surface area (Å²) in [5.41, 5.74) is 3.89. The molecule has 134 valence electrons. The van der Waals surface area contributed by atoms with E-state index in [4.69, 9.17) is 26.7 Å². The summed E-state index contributed by atoms with van der Waals surface area (Å²) in [5.74, 6) is 2.09. The van der Waals surface area contributed by atoms with Gasteiger partial charge in [-0.15, -0.1) is 6.42 Å². The van der Waals surface area contributed by atoms with Gasteiger partial charge in [-0.2, -0.15) is 0 Å². The van der Waals surface area contributed by atoms with Crippen LogP contribution < -0.4 is 5.73 Å². The lowest BCUT2D eigenvalue weighted by Crippen LogP contribution is -2.48. The Morgan fingerprint density at radius 1 is 1.48 bits per heavy atom. The van der Waals surface area contributed by atoms with Crippen molar-refractivity contribution in [1.82, 2.24) is 19.5 Å². The molecule has 1 fully saturated rings. The number of aliphatic hydroxyl groups is 2. The van der Waals surface area contributed by atoms with E-state index in [0.29, 0.717) is 0 Å². The normalized spacial score (nSPS) is 29.8. The third-order valence-corrected chi connectivity index (χ3v) is 4.29. The van der Waals surface area contributed by atoms with Crippen LogP contribution in [0, 0.1) is 12.3 Å². The van der Waals surface area contributed by atoms with Gasteiger partial charge >= 0.3 is 7.82 Å². The number of nitrogen functional groups attached to an aromatic ring is 1. The number of fused-ring (bicyclic) bond motifs is 1. The first-order valence-corrected chi connectivity index (χ1v) is 8.37. The van der Waals surface area contributed by atoms with Crippen molar-refractivity contribution in [3.05, 3.63) is 12.7 Å². The monoisotopic (exact) mass is 371 g/mol. The molecule has 0 radical (unpaired) electrons. The maximum atomic E-state index is 10.9. The number of hydrogen-bond acceptors (Lipinski definition) is 9. The van der Waals surface area contributed by atoms with Crippen LogP contribution in [-0.2, 0) is 13.8 Å². The zero-order chi connectivity index (χ0) is 18.4. The average Bonchev–Trinajstić information content (AvgIpc) is 3.07. The van der Waals surface area contributed by atoms with Gasteiger partial charge in [0.1, 0.15) is 24.1 Å². The van der Waals surface area contributed by atoms with Crippen molar-refractivity contribution in [2.75, 3.05) is 12.3 Å². The van der Waals surface area contributed by atoms with Crippen molar-refractivity contribution in [3.63, 3.8) is 0 Å². The minimum atomic E-state index is -4.83. The summed E-state index contributed by atoms with van der Waals surface area (Å²) in [6, 6.07) is 0. The van der Waals surface area contributed by atoms with E-state index in [1.54, 1.807) is 0 Å². The van der Waals surface area contributed by atoms with Gasteiger partial charge in [-0.3, -0.25) is 9.09 Å². The first-order chi connectivity index (χ1) is 11.7. The topological polar surface area (TPSA) is 186 Å². The number of ether oxygens (including phenoxy) is 1. The van der Waals surface area contributed by atoms with Gasteiger partial charge in [-0.05, 0) is 0 Å². The summed E-state index contributed by atoms with van der Waals surface area (Å²) in [5, 5.41) is 20.9. The highest BCUT2D eigenvalue weighted by Gasteiger charge is 2.56. The lowest BCUT2D eigenvalue weighted by atomic mass is 9.93. The number of rotatable bonds is 4. The number of hydrogen-bond donors (Lipinski definition) is 5. The van der Waals surface area contributed by atoms with Gasteiger partial charge in [0, 0.05) is 0 Å². The van der Waals surface area contributed by atoms with Gasteiger partial charge in [0.15, 0.2) is 23.3 Å². The second-order valence-electron chi connectivity index (χ2n) is 5.30. The smallest absolute Gasteiger partial charge is 0.384 e. The molecule has 13 heteroatoms. The van der Waals surface area contributed by atoms with Gasteiger partial charge < -0.3 is 30.5 Å². The Bertz CT molecular complexity index is 892. The van der Waals surface area contributed by atoms with E-state index in [2.05, 4.69) is 19.5 Å². The molecule has 1 saturated heterocycles. The zero-order valence-corrected chi connectivity index (χ0v) is 13.4. The van der Waals surface area contributed by atoms with E-state index in [1.807, 2.05) is 5.92 Å². The van der Waals surface area contributed by atoms with Crippen LogP contribution in [0.15, 0.2) is 12.7 Å². The lowest BCUT2D eigenvalue weighted by Gasteiger charge is -2.25. The predicted molar refractivity (Wildman–Crippen MR) is 81.4 cm³/mol.